The number of unbranched alkanes of at least 4 members (excludes halogenated alkanes) is 12. The molecule has 0 spiro atoms. The van der Waals surface area contributed by atoms with Gasteiger partial charge >= 0.3 is 5.97 Å². The lowest BCUT2D eigenvalue weighted by Gasteiger charge is -2.28. The van der Waals surface area contributed by atoms with Crippen LogP contribution in [0.5, 0.6) is 0 Å². The van der Waals surface area contributed by atoms with Crippen LogP contribution in [0.25, 0.3) is 10.8 Å². The summed E-state index contributed by atoms with van der Waals surface area (Å²) in [6.07, 6.45) is 16.1. The second-order valence-corrected chi connectivity index (χ2v) is 10.3. The average molecular weight is 509 g/mol. The normalized spacial score (nSPS) is 12.9. The molecule has 2 N–H and O–H groups in total. The highest BCUT2D eigenvalue weighted by Crippen LogP contribution is 2.34. The summed E-state index contributed by atoms with van der Waals surface area (Å²) in [6, 6.07) is 9.51. The summed E-state index contributed by atoms with van der Waals surface area (Å²) in [6.45, 7) is 3.50. The van der Waals surface area contributed by atoms with E-state index >= 15 is 0 Å². The molecule has 0 unspecified atom stereocenters. The van der Waals surface area contributed by atoms with Gasteiger partial charge in [0.05, 0.1) is 0 Å². The van der Waals surface area contributed by atoms with E-state index in [4.69, 9.17) is 5.11 Å². The Balaban J connectivity index is 1.49. The third-order valence-electron chi connectivity index (χ3n) is 7.36. The highest BCUT2D eigenvalue weighted by Gasteiger charge is 2.32. The van der Waals surface area contributed by atoms with Gasteiger partial charge in [0, 0.05) is 47.1 Å². The van der Waals surface area contributed by atoms with Gasteiger partial charge in [-0.15, -0.1) is 0 Å². The molecule has 0 fully saturated rings. The molecule has 2 aromatic rings. The Hall–Kier alpha value is -2.89. The van der Waals surface area contributed by atoms with E-state index in [1.54, 1.807) is 0 Å². The fraction of sp³-hybridized carbons (Fsp3) is 0.581. The maximum Gasteiger partial charge on any atom is 0.303 e. The molecule has 2 amide bonds. The van der Waals surface area contributed by atoms with E-state index in [1.807, 2.05) is 30.3 Å². The Bertz CT molecular complexity index is 1030. The molecule has 0 saturated carbocycles. The SMILES string of the molecule is CCCCCCCCCCCCNc1ccc2c3c(cccc13)C(=O)N(CCCCCCC(=O)O)C2=O. The quantitative estimate of drug-likeness (QED) is 0.149. The van der Waals surface area contributed by atoms with Gasteiger partial charge in [-0.2, -0.15) is 0 Å². The standard InChI is InChI=1S/C31H44N2O4/c1-2-3-4-5-6-7-8-9-11-14-22-32-27-21-20-26-29-24(27)17-16-18-25(29)30(36)33(31(26)37)23-15-12-10-13-19-28(34)35/h16-18,20-21,32H,2-15,19,22-23H2,1H3,(H,34,35). The summed E-state index contributed by atoms with van der Waals surface area (Å²) < 4.78 is 0. The zero-order chi connectivity index (χ0) is 26.5. The van der Waals surface area contributed by atoms with Gasteiger partial charge in [0.25, 0.3) is 11.8 Å². The Morgan fingerprint density at radius 1 is 0.757 bits per heavy atom. The number of carboxylic acids is 1. The van der Waals surface area contributed by atoms with E-state index in [9.17, 15) is 14.4 Å². The molecule has 0 aromatic heterocycles. The zero-order valence-electron chi connectivity index (χ0n) is 22.5. The number of carbonyl (C=O) groups is 3. The van der Waals surface area contributed by atoms with Gasteiger partial charge in [-0.05, 0) is 37.5 Å². The highest BCUT2D eigenvalue weighted by atomic mass is 16.4. The van der Waals surface area contributed by atoms with Crippen molar-refractivity contribution in [3.05, 3.63) is 41.5 Å². The van der Waals surface area contributed by atoms with Crippen molar-refractivity contribution in [3.8, 4) is 0 Å². The molecule has 0 aliphatic carbocycles. The second kappa shape index (κ2) is 15.4. The molecule has 1 aliphatic heterocycles. The van der Waals surface area contributed by atoms with Gasteiger partial charge in [0.2, 0.25) is 0 Å². The molecule has 0 radical (unpaired) electrons. The molecule has 6 heteroatoms. The van der Waals surface area contributed by atoms with Gasteiger partial charge in [-0.1, -0.05) is 89.7 Å². The Morgan fingerprint density at radius 3 is 2.03 bits per heavy atom. The van der Waals surface area contributed by atoms with Crippen LogP contribution in [0.2, 0.25) is 0 Å². The van der Waals surface area contributed by atoms with Crippen LogP contribution in [0.3, 0.4) is 0 Å². The first-order chi connectivity index (χ1) is 18.0. The molecule has 6 nitrogen and oxygen atoms in total. The number of anilines is 1. The number of imide groups is 1. The lowest BCUT2D eigenvalue weighted by molar-refractivity contribution is -0.137. The lowest BCUT2D eigenvalue weighted by atomic mass is 9.92. The van der Waals surface area contributed by atoms with Crippen molar-refractivity contribution in [1.29, 1.82) is 0 Å². The molecule has 1 heterocycles. The molecule has 3 rings (SSSR count). The average Bonchev–Trinajstić information content (AvgIpc) is 2.89. The smallest absolute Gasteiger partial charge is 0.303 e. The number of hydrogen-bond acceptors (Lipinski definition) is 4. The minimum atomic E-state index is -0.788. The first-order valence-corrected chi connectivity index (χ1v) is 14.4. The number of rotatable bonds is 19. The van der Waals surface area contributed by atoms with Crippen molar-refractivity contribution in [2.45, 2.75) is 103 Å². The molecule has 202 valence electrons. The number of carbonyl (C=O) groups excluding carboxylic acids is 2. The molecule has 0 saturated heterocycles. The molecule has 0 bridgehead atoms. The summed E-state index contributed by atoms with van der Waals surface area (Å²) in [7, 11) is 0. The first-order valence-electron chi connectivity index (χ1n) is 14.4. The summed E-state index contributed by atoms with van der Waals surface area (Å²) in [5.74, 6) is -1.26. The van der Waals surface area contributed by atoms with Gasteiger partial charge in [0.15, 0.2) is 0 Å². The largest absolute Gasteiger partial charge is 0.481 e. The maximum atomic E-state index is 13.2. The summed E-state index contributed by atoms with van der Waals surface area (Å²) in [5, 5.41) is 14.0. The predicted octanol–water partition coefficient (Wildman–Crippen LogP) is 7.80. The van der Waals surface area contributed by atoms with Gasteiger partial charge < -0.3 is 10.4 Å². The van der Waals surface area contributed by atoms with Crippen molar-refractivity contribution in [3.63, 3.8) is 0 Å². The van der Waals surface area contributed by atoms with Crippen molar-refractivity contribution in [2.75, 3.05) is 18.4 Å². The number of nitrogens with zero attached hydrogens (tertiary/aromatic N) is 1. The van der Waals surface area contributed by atoms with Gasteiger partial charge in [-0.25, -0.2) is 0 Å². The van der Waals surface area contributed by atoms with Crippen molar-refractivity contribution >= 4 is 34.2 Å². The van der Waals surface area contributed by atoms with E-state index in [-0.39, 0.29) is 18.2 Å². The van der Waals surface area contributed by atoms with E-state index < -0.39 is 5.97 Å². The van der Waals surface area contributed by atoms with E-state index in [0.29, 0.717) is 30.5 Å². The topological polar surface area (TPSA) is 86.7 Å². The fourth-order valence-electron chi connectivity index (χ4n) is 5.24. The number of nitrogens with one attached hydrogen (secondary N) is 1. The maximum absolute atomic E-state index is 13.2. The molecule has 0 atom stereocenters. The molecular weight excluding hydrogens is 464 g/mol. The Morgan fingerprint density at radius 2 is 1.35 bits per heavy atom. The van der Waals surface area contributed by atoms with E-state index in [1.165, 1.54) is 62.7 Å². The minimum Gasteiger partial charge on any atom is -0.481 e. The number of amides is 2. The van der Waals surface area contributed by atoms with Crippen molar-refractivity contribution in [1.82, 2.24) is 4.90 Å². The Kier molecular flexibility index (Phi) is 11.9. The van der Waals surface area contributed by atoms with E-state index in [0.717, 1.165) is 42.3 Å². The number of hydrogen-bond donors (Lipinski definition) is 2. The van der Waals surface area contributed by atoms with E-state index in [2.05, 4.69) is 12.2 Å². The predicted molar refractivity (Wildman–Crippen MR) is 150 cm³/mol. The first kappa shape index (κ1) is 28.7. The molecule has 1 aliphatic rings. The van der Waals surface area contributed by atoms with Crippen LogP contribution < -0.4 is 5.32 Å². The van der Waals surface area contributed by atoms with Crippen LogP contribution in [0.15, 0.2) is 30.3 Å². The molecule has 37 heavy (non-hydrogen) atoms. The van der Waals surface area contributed by atoms with Crippen LogP contribution in [-0.4, -0.2) is 40.9 Å². The van der Waals surface area contributed by atoms with Crippen LogP contribution in [0.1, 0.15) is 124 Å². The monoisotopic (exact) mass is 508 g/mol. The minimum absolute atomic E-state index is 0.159. The van der Waals surface area contributed by atoms with Gasteiger partial charge in [0.1, 0.15) is 0 Å². The highest BCUT2D eigenvalue weighted by molar-refractivity contribution is 6.26. The summed E-state index contributed by atoms with van der Waals surface area (Å²) in [5.41, 5.74) is 2.14. The third-order valence-corrected chi connectivity index (χ3v) is 7.36. The third kappa shape index (κ3) is 8.31. The fourth-order valence-corrected chi connectivity index (χ4v) is 5.24. The molecular formula is C31H44N2O4. The van der Waals surface area contributed by atoms with Crippen molar-refractivity contribution in [2.24, 2.45) is 0 Å². The van der Waals surface area contributed by atoms with Crippen LogP contribution >= 0.6 is 0 Å². The number of benzene rings is 2. The number of carboxylic acid groups (broad SMARTS) is 1. The zero-order valence-corrected chi connectivity index (χ0v) is 22.5. The van der Waals surface area contributed by atoms with Crippen LogP contribution in [-0.2, 0) is 4.79 Å². The second-order valence-electron chi connectivity index (χ2n) is 10.3. The van der Waals surface area contributed by atoms with Crippen molar-refractivity contribution < 1.29 is 19.5 Å². The van der Waals surface area contributed by atoms with Crippen LogP contribution in [0.4, 0.5) is 5.69 Å². The summed E-state index contributed by atoms with van der Waals surface area (Å²) in [4.78, 5) is 38.4. The van der Waals surface area contributed by atoms with Crippen LogP contribution in [0, 0.1) is 0 Å². The summed E-state index contributed by atoms with van der Waals surface area (Å²) >= 11 is 0. The Labute approximate surface area is 221 Å². The number of aliphatic carboxylic acids is 1. The van der Waals surface area contributed by atoms with Gasteiger partial charge in [-0.3, -0.25) is 19.3 Å². The lowest BCUT2D eigenvalue weighted by Crippen LogP contribution is -2.40. The molecule has 2 aromatic carbocycles.